The number of benzene rings is 2. The topological polar surface area (TPSA) is 269 Å². The first-order valence-corrected chi connectivity index (χ1v) is 13.0. The van der Waals surface area contributed by atoms with Gasteiger partial charge in [-0.2, -0.15) is 0 Å². The number of aliphatic hydroxyl groups excluding tert-OH is 6. The maximum Gasteiger partial charge on any atom is 0.239 e. The molecule has 0 spiro atoms. The molecule has 5 rings (SSSR count). The normalized spacial score (nSPS) is 32.2. The van der Waals surface area contributed by atoms with Crippen molar-refractivity contribution in [2.75, 3.05) is 6.61 Å². The molecule has 2 saturated heterocycles. The molecule has 0 aliphatic carbocycles. The molecule has 3 heterocycles. The Labute approximate surface area is 257 Å². The van der Waals surface area contributed by atoms with Crippen molar-refractivity contribution in [1.29, 1.82) is 0 Å². The molecule has 2 aliphatic heterocycles. The number of hydrogen-bond acceptors (Lipinski definition) is 16. The minimum absolute atomic E-state index is 0. The minimum Gasteiger partial charge on any atom is -0.508 e. The number of ether oxygens (including phenoxy) is 4. The zero-order valence-electron chi connectivity index (χ0n) is 22.7. The van der Waals surface area contributed by atoms with Crippen LogP contribution in [0, 0.1) is 0 Å². The Morgan fingerprint density at radius 1 is 0.750 bits per heavy atom. The Hall–Kier alpha value is -3.19. The van der Waals surface area contributed by atoms with Crippen molar-refractivity contribution in [3.63, 3.8) is 0 Å². The van der Waals surface area contributed by atoms with Gasteiger partial charge in [0, 0.05) is 34.8 Å². The summed E-state index contributed by atoms with van der Waals surface area (Å²) in [6.07, 6.45) is -16.2. The first-order chi connectivity index (χ1) is 20.3. The summed E-state index contributed by atoms with van der Waals surface area (Å²) in [6, 6.07) is 5.24. The Morgan fingerprint density at radius 3 is 2.09 bits per heavy atom. The third-order valence-electron chi connectivity index (χ3n) is 7.29. The van der Waals surface area contributed by atoms with Crippen molar-refractivity contribution in [2.45, 2.75) is 68.3 Å². The van der Waals surface area contributed by atoms with E-state index < -0.39 is 113 Å². The third kappa shape index (κ3) is 6.17. The van der Waals surface area contributed by atoms with Crippen LogP contribution in [0.4, 0.5) is 0 Å². The quantitative estimate of drug-likeness (QED) is 0.0984. The fourth-order valence-corrected chi connectivity index (χ4v) is 4.84. The van der Waals surface area contributed by atoms with Gasteiger partial charge in [-0.3, -0.25) is 4.79 Å². The number of hydrogen-bond donors (Lipinski definition) is 10. The zero-order chi connectivity index (χ0) is 31.3. The van der Waals surface area contributed by atoms with Gasteiger partial charge in [-0.25, -0.2) is 0 Å². The molecule has 0 amide bonds. The van der Waals surface area contributed by atoms with E-state index in [1.165, 1.54) is 13.0 Å². The van der Waals surface area contributed by atoms with Gasteiger partial charge in [0.15, 0.2) is 23.5 Å². The Balaban J connectivity index is 0.00000442. The van der Waals surface area contributed by atoms with Crippen molar-refractivity contribution in [2.24, 2.45) is 0 Å². The second-order valence-corrected chi connectivity index (χ2v) is 10.3. The molecule has 240 valence electrons. The number of aromatic hydroxyl groups is 4. The van der Waals surface area contributed by atoms with E-state index in [0.29, 0.717) is 0 Å². The molecular weight excluding hydrogens is 659 g/mol. The van der Waals surface area contributed by atoms with Gasteiger partial charge >= 0.3 is 0 Å². The van der Waals surface area contributed by atoms with E-state index >= 15 is 0 Å². The van der Waals surface area contributed by atoms with Crippen LogP contribution in [0.25, 0.3) is 22.3 Å². The van der Waals surface area contributed by atoms with E-state index in [0.717, 1.165) is 24.3 Å². The van der Waals surface area contributed by atoms with Gasteiger partial charge in [0.25, 0.3) is 0 Å². The van der Waals surface area contributed by atoms with Crippen LogP contribution in [0.1, 0.15) is 6.92 Å². The van der Waals surface area contributed by atoms with Gasteiger partial charge in [0.2, 0.25) is 17.5 Å². The molecule has 2 aliphatic rings. The van der Waals surface area contributed by atoms with Crippen LogP contribution in [0.15, 0.2) is 39.5 Å². The predicted molar refractivity (Wildman–Crippen MR) is 146 cm³/mol. The van der Waals surface area contributed by atoms with Gasteiger partial charge in [-0.05, 0) is 25.1 Å². The Kier molecular flexibility index (Phi) is 9.99. The van der Waals surface area contributed by atoms with Crippen LogP contribution >= 0.6 is 0 Å². The van der Waals surface area contributed by atoms with Gasteiger partial charge in [0.1, 0.15) is 65.2 Å². The summed E-state index contributed by atoms with van der Waals surface area (Å²) in [5, 5.41) is 101. The number of phenolic OH excluding ortho intramolecular Hbond substituents is 4. The van der Waals surface area contributed by atoms with Crippen LogP contribution in [-0.2, 0) is 14.2 Å². The number of rotatable bonds is 6. The molecule has 10 atom stereocenters. The summed E-state index contributed by atoms with van der Waals surface area (Å²) in [7, 11) is 0. The maximum atomic E-state index is 13.6. The molecule has 10 unspecified atom stereocenters. The largest absolute Gasteiger partial charge is 0.508 e. The molecular formula is C27H30O16Se. The van der Waals surface area contributed by atoms with Crippen LogP contribution in [0.2, 0.25) is 0 Å². The van der Waals surface area contributed by atoms with Crippen LogP contribution in [0.3, 0.4) is 0 Å². The van der Waals surface area contributed by atoms with E-state index in [-0.39, 0.29) is 28.2 Å². The Bertz CT molecular complexity index is 1550. The first-order valence-electron chi connectivity index (χ1n) is 13.0. The van der Waals surface area contributed by atoms with Crippen molar-refractivity contribution in [3.8, 4) is 40.1 Å². The zero-order valence-corrected chi connectivity index (χ0v) is 24.4. The van der Waals surface area contributed by atoms with Gasteiger partial charge in [-0.15, -0.1) is 0 Å². The fourth-order valence-electron chi connectivity index (χ4n) is 4.84. The summed E-state index contributed by atoms with van der Waals surface area (Å²) < 4.78 is 27.8. The fraction of sp³-hybridized carbons (Fsp3) is 0.444. The van der Waals surface area contributed by atoms with Crippen LogP contribution in [0.5, 0.6) is 28.7 Å². The summed E-state index contributed by atoms with van der Waals surface area (Å²) in [4.78, 5) is 13.6. The van der Waals surface area contributed by atoms with E-state index in [1.54, 1.807) is 0 Å². The van der Waals surface area contributed by atoms with Crippen LogP contribution in [-0.4, -0.2) is 136 Å². The molecule has 17 heteroatoms. The van der Waals surface area contributed by atoms with Crippen molar-refractivity contribution in [3.05, 3.63) is 40.6 Å². The molecule has 10 N–H and O–H groups in total. The molecule has 3 aromatic rings. The molecule has 2 fully saturated rings. The standard InChI is InChI=1S/C27H30O16.Se/c1-8-17(32)20(35)22(37)26(40-8)39-7-15-18(33)21(36)23(38)27(42-15)43-25-19(34)16-13(31)5-10(28)6-14(16)41-24(25)9-2-3-11(29)12(30)4-9;/h2-6,8,15,17-18,20-23,26-33,35-38H,7H2,1H3;. The van der Waals surface area contributed by atoms with Crippen molar-refractivity contribution < 1.29 is 74.4 Å². The number of aliphatic hydroxyl groups is 6. The van der Waals surface area contributed by atoms with E-state index in [4.69, 9.17) is 23.4 Å². The molecule has 1 aromatic heterocycles. The van der Waals surface area contributed by atoms with E-state index in [9.17, 15) is 55.9 Å². The first kappa shape index (κ1) is 33.7. The summed E-state index contributed by atoms with van der Waals surface area (Å²) in [5.41, 5.74) is -1.35. The summed E-state index contributed by atoms with van der Waals surface area (Å²) in [6.45, 7) is 0.818. The Morgan fingerprint density at radius 2 is 1.41 bits per heavy atom. The number of fused-ring (bicyclic) bond motifs is 1. The average Bonchev–Trinajstić information content (AvgIpc) is 2.96. The second kappa shape index (κ2) is 13.0. The minimum atomic E-state index is -1.97. The monoisotopic (exact) mass is 690 g/mol. The molecule has 0 saturated carbocycles. The van der Waals surface area contributed by atoms with Crippen molar-refractivity contribution >= 4 is 28.0 Å². The van der Waals surface area contributed by atoms with E-state index in [2.05, 4.69) is 0 Å². The number of phenols is 4. The van der Waals surface area contributed by atoms with Gasteiger partial charge in [-0.1, -0.05) is 0 Å². The SMILES string of the molecule is CC1OC(OCC2OC(Oc3c(-c4ccc(O)c(O)c4)oc4cc(O)cc(O)c4c3=O)C(O)C(O)C2O)C(O)C(O)C1O.[Se]. The maximum absolute atomic E-state index is 13.6. The molecule has 16 nitrogen and oxygen atoms in total. The third-order valence-corrected chi connectivity index (χ3v) is 7.29. The van der Waals surface area contributed by atoms with Crippen molar-refractivity contribution in [1.82, 2.24) is 0 Å². The second-order valence-electron chi connectivity index (χ2n) is 10.3. The van der Waals surface area contributed by atoms with Gasteiger partial charge in [0.05, 0.1) is 12.7 Å². The smallest absolute Gasteiger partial charge is 0.239 e. The molecule has 0 bridgehead atoms. The van der Waals surface area contributed by atoms with E-state index in [1.807, 2.05) is 0 Å². The van der Waals surface area contributed by atoms with Crippen LogP contribution < -0.4 is 10.2 Å². The molecule has 44 heavy (non-hydrogen) atoms. The molecule has 2 radical (unpaired) electrons. The average molecular weight is 689 g/mol. The van der Waals surface area contributed by atoms with Gasteiger partial charge < -0.3 is 74.4 Å². The predicted octanol–water partition coefficient (Wildman–Crippen LogP) is -2.07. The molecule has 2 aromatic carbocycles. The summed E-state index contributed by atoms with van der Waals surface area (Å²) in [5.74, 6) is -3.33. The summed E-state index contributed by atoms with van der Waals surface area (Å²) >= 11 is 0.